The fraction of sp³-hybridized carbons (Fsp3) is 0.368. The van der Waals surface area contributed by atoms with Gasteiger partial charge in [0.15, 0.2) is 0 Å². The third kappa shape index (κ3) is 4.63. The average Bonchev–Trinajstić information content (AvgIpc) is 2.99. The van der Waals surface area contributed by atoms with Crippen LogP contribution in [-0.4, -0.2) is 32.1 Å². The first-order valence-electron chi connectivity index (χ1n) is 8.69. The Morgan fingerprint density at radius 2 is 1.96 bits per heavy atom. The fourth-order valence-corrected chi connectivity index (χ4v) is 4.87. The van der Waals surface area contributed by atoms with Gasteiger partial charge in [0.25, 0.3) is 11.8 Å². The molecule has 3 rings (SSSR count). The second kappa shape index (κ2) is 9.06. The molecule has 0 spiro atoms. The van der Waals surface area contributed by atoms with Crippen LogP contribution in [0.5, 0.6) is 0 Å². The Bertz CT molecular complexity index is 867. The lowest BCUT2D eigenvalue weighted by atomic mass is 9.95. The molecule has 0 saturated carbocycles. The Hall–Kier alpha value is -1.60. The maximum atomic E-state index is 12.7. The minimum Gasteiger partial charge on any atom is -0.383 e. The number of fused-ring (bicyclic) bond motifs is 1. The van der Waals surface area contributed by atoms with Gasteiger partial charge >= 0.3 is 0 Å². The van der Waals surface area contributed by atoms with Crippen LogP contribution < -0.4 is 10.6 Å². The molecule has 1 aromatic carbocycles. The van der Waals surface area contributed by atoms with E-state index in [0.717, 1.165) is 36.1 Å². The van der Waals surface area contributed by atoms with Gasteiger partial charge in [-0.15, -0.1) is 11.3 Å². The highest BCUT2D eigenvalue weighted by atomic mass is 35.5. The van der Waals surface area contributed by atoms with E-state index in [9.17, 15) is 9.59 Å². The monoisotopic (exact) mass is 426 g/mol. The molecule has 2 N–H and O–H groups in total. The predicted octanol–water partition coefficient (Wildman–Crippen LogP) is 4.56. The van der Waals surface area contributed by atoms with E-state index in [1.165, 1.54) is 17.4 Å². The average molecular weight is 427 g/mol. The van der Waals surface area contributed by atoms with E-state index in [4.69, 9.17) is 27.9 Å². The van der Waals surface area contributed by atoms with Gasteiger partial charge in [0, 0.05) is 23.6 Å². The summed E-state index contributed by atoms with van der Waals surface area (Å²) in [5.74, 6) is -0.551. The van der Waals surface area contributed by atoms with E-state index >= 15 is 0 Å². The molecule has 0 atom stereocenters. The maximum Gasteiger partial charge on any atom is 0.257 e. The normalized spacial score (nSPS) is 13.1. The molecular formula is C19H20Cl2N2O3S. The second-order valence-corrected chi connectivity index (χ2v) is 8.19. The van der Waals surface area contributed by atoms with Crippen LogP contribution in [0.1, 0.15) is 44.0 Å². The number of ether oxygens (including phenoxy) is 1. The molecule has 0 fully saturated rings. The summed E-state index contributed by atoms with van der Waals surface area (Å²) < 4.78 is 4.99. The Labute approximate surface area is 172 Å². The van der Waals surface area contributed by atoms with E-state index in [1.807, 2.05) is 0 Å². The zero-order valence-corrected chi connectivity index (χ0v) is 17.2. The Balaban J connectivity index is 1.88. The number of rotatable bonds is 6. The Kier molecular flexibility index (Phi) is 6.76. The van der Waals surface area contributed by atoms with Gasteiger partial charge in [0.1, 0.15) is 5.00 Å². The summed E-state index contributed by atoms with van der Waals surface area (Å²) in [6, 6.07) is 4.71. The number of halogens is 2. The molecule has 0 saturated heterocycles. The Morgan fingerprint density at radius 1 is 1.19 bits per heavy atom. The van der Waals surface area contributed by atoms with Crippen LogP contribution in [-0.2, 0) is 17.6 Å². The highest BCUT2D eigenvalue weighted by Crippen LogP contribution is 2.38. The van der Waals surface area contributed by atoms with Gasteiger partial charge < -0.3 is 15.4 Å². The molecule has 2 amide bonds. The van der Waals surface area contributed by atoms with Crippen molar-refractivity contribution in [2.75, 3.05) is 25.6 Å². The minimum atomic E-state index is -0.360. The molecule has 1 heterocycles. The molecule has 0 bridgehead atoms. The number of thiophene rings is 1. The number of methoxy groups -OCH3 is 1. The van der Waals surface area contributed by atoms with Crippen molar-refractivity contribution in [3.8, 4) is 0 Å². The predicted molar refractivity (Wildman–Crippen MR) is 110 cm³/mol. The zero-order chi connectivity index (χ0) is 19.4. The van der Waals surface area contributed by atoms with E-state index in [1.54, 1.807) is 19.2 Å². The smallest absolute Gasteiger partial charge is 0.257 e. The highest BCUT2D eigenvalue weighted by Gasteiger charge is 2.26. The van der Waals surface area contributed by atoms with Crippen LogP contribution in [0.2, 0.25) is 10.0 Å². The summed E-state index contributed by atoms with van der Waals surface area (Å²) in [7, 11) is 1.58. The molecule has 0 unspecified atom stereocenters. The van der Waals surface area contributed by atoms with Crippen molar-refractivity contribution in [1.29, 1.82) is 0 Å². The number of anilines is 1. The van der Waals surface area contributed by atoms with Crippen molar-refractivity contribution in [2.45, 2.75) is 25.7 Å². The largest absolute Gasteiger partial charge is 0.383 e. The van der Waals surface area contributed by atoms with Crippen LogP contribution in [0.15, 0.2) is 18.2 Å². The van der Waals surface area contributed by atoms with Gasteiger partial charge in [0.2, 0.25) is 0 Å². The van der Waals surface area contributed by atoms with Gasteiger partial charge in [-0.05, 0) is 49.4 Å². The van der Waals surface area contributed by atoms with E-state index in [-0.39, 0.29) is 16.8 Å². The standard InChI is InChI=1S/C19H20Cl2N2O3S/c1-26-9-8-22-18(25)16-13-4-2-3-5-15(13)27-19(16)23-17(24)12-7-6-11(20)10-14(12)21/h6-7,10H,2-5,8-9H2,1H3,(H,22,25)(H,23,24). The summed E-state index contributed by atoms with van der Waals surface area (Å²) in [5, 5.41) is 7.03. The molecule has 144 valence electrons. The van der Waals surface area contributed by atoms with Crippen molar-refractivity contribution in [3.63, 3.8) is 0 Å². The van der Waals surface area contributed by atoms with Crippen molar-refractivity contribution in [3.05, 3.63) is 49.8 Å². The molecular weight excluding hydrogens is 407 g/mol. The molecule has 0 aliphatic heterocycles. The molecule has 2 aromatic rings. The number of nitrogens with one attached hydrogen (secondary N) is 2. The topological polar surface area (TPSA) is 67.4 Å². The number of hydrogen-bond acceptors (Lipinski definition) is 4. The molecule has 1 aliphatic carbocycles. The van der Waals surface area contributed by atoms with Gasteiger partial charge in [0.05, 0.1) is 22.8 Å². The number of carbonyl (C=O) groups is 2. The van der Waals surface area contributed by atoms with Crippen molar-refractivity contribution >= 4 is 51.4 Å². The van der Waals surface area contributed by atoms with E-state index in [0.29, 0.717) is 34.3 Å². The Morgan fingerprint density at radius 3 is 2.70 bits per heavy atom. The highest BCUT2D eigenvalue weighted by molar-refractivity contribution is 7.17. The number of hydrogen-bond donors (Lipinski definition) is 2. The van der Waals surface area contributed by atoms with Crippen molar-refractivity contribution in [2.24, 2.45) is 0 Å². The van der Waals surface area contributed by atoms with Gasteiger partial charge in [-0.3, -0.25) is 9.59 Å². The van der Waals surface area contributed by atoms with Crippen molar-refractivity contribution in [1.82, 2.24) is 5.32 Å². The fourth-order valence-electron chi connectivity index (χ4n) is 3.09. The quantitative estimate of drug-likeness (QED) is 0.665. The molecule has 1 aromatic heterocycles. The van der Waals surface area contributed by atoms with Crippen LogP contribution >= 0.6 is 34.5 Å². The van der Waals surface area contributed by atoms with Crippen molar-refractivity contribution < 1.29 is 14.3 Å². The molecule has 27 heavy (non-hydrogen) atoms. The number of amides is 2. The summed E-state index contributed by atoms with van der Waals surface area (Å²) in [6.45, 7) is 0.844. The zero-order valence-electron chi connectivity index (χ0n) is 14.9. The first-order chi connectivity index (χ1) is 13.0. The van der Waals surface area contributed by atoms with E-state index < -0.39 is 0 Å². The SMILES string of the molecule is COCCNC(=O)c1c(NC(=O)c2ccc(Cl)cc2Cl)sc2c1CCCC2. The summed E-state index contributed by atoms with van der Waals surface area (Å²) >= 11 is 13.5. The lowest BCUT2D eigenvalue weighted by molar-refractivity contribution is 0.0937. The minimum absolute atomic E-state index is 0.191. The van der Waals surface area contributed by atoms with Gasteiger partial charge in [-0.2, -0.15) is 0 Å². The maximum absolute atomic E-state index is 12.7. The van der Waals surface area contributed by atoms with Crippen LogP contribution in [0.4, 0.5) is 5.00 Å². The first-order valence-corrected chi connectivity index (χ1v) is 10.3. The summed E-state index contributed by atoms with van der Waals surface area (Å²) in [6.07, 6.45) is 3.90. The lowest BCUT2D eigenvalue weighted by Crippen LogP contribution is -2.28. The number of carbonyl (C=O) groups excluding carboxylic acids is 2. The number of benzene rings is 1. The van der Waals surface area contributed by atoms with E-state index in [2.05, 4.69) is 10.6 Å². The molecule has 5 nitrogen and oxygen atoms in total. The lowest BCUT2D eigenvalue weighted by Gasteiger charge is -2.13. The number of aryl methyl sites for hydroxylation is 1. The van der Waals surface area contributed by atoms with Crippen LogP contribution in [0.3, 0.4) is 0 Å². The van der Waals surface area contributed by atoms with Gasteiger partial charge in [-0.25, -0.2) is 0 Å². The third-order valence-corrected chi connectivity index (χ3v) is 6.15. The van der Waals surface area contributed by atoms with Gasteiger partial charge in [-0.1, -0.05) is 23.2 Å². The summed E-state index contributed by atoms with van der Waals surface area (Å²) in [4.78, 5) is 26.6. The van der Waals surface area contributed by atoms with Crippen LogP contribution in [0.25, 0.3) is 0 Å². The summed E-state index contributed by atoms with van der Waals surface area (Å²) in [5.41, 5.74) is 1.92. The second-order valence-electron chi connectivity index (χ2n) is 6.24. The molecule has 8 heteroatoms. The molecule has 1 aliphatic rings. The van der Waals surface area contributed by atoms with Crippen LogP contribution in [0, 0.1) is 0 Å². The third-order valence-electron chi connectivity index (χ3n) is 4.39. The molecule has 0 radical (unpaired) electrons. The first kappa shape index (κ1) is 20.1.